The summed E-state index contributed by atoms with van der Waals surface area (Å²) in [6.07, 6.45) is 0. The fourth-order valence-electron chi connectivity index (χ4n) is 2.05. The molecule has 6 heteroatoms. The lowest BCUT2D eigenvalue weighted by Gasteiger charge is -2.08. The van der Waals surface area contributed by atoms with E-state index in [0.29, 0.717) is 11.0 Å². The first-order valence-electron chi connectivity index (χ1n) is 6.13. The van der Waals surface area contributed by atoms with Crippen LogP contribution in [0.15, 0.2) is 22.7 Å². The zero-order valence-electron chi connectivity index (χ0n) is 11.5. The van der Waals surface area contributed by atoms with Crippen LogP contribution in [-0.4, -0.2) is 15.7 Å². The average Bonchev–Trinajstić information content (AvgIpc) is 2.61. The molecule has 0 radical (unpaired) electrons. The Morgan fingerprint density at radius 3 is 2.70 bits per heavy atom. The summed E-state index contributed by atoms with van der Waals surface area (Å²) in [5.74, 6) is -0.992. The Bertz CT molecular complexity index is 646. The van der Waals surface area contributed by atoms with E-state index in [-0.39, 0.29) is 5.56 Å². The van der Waals surface area contributed by atoms with Crippen LogP contribution in [0.1, 0.15) is 27.3 Å². The Labute approximate surface area is 125 Å². The fourth-order valence-corrected chi connectivity index (χ4v) is 2.57. The maximum Gasteiger partial charge on any atom is 0.255 e. The van der Waals surface area contributed by atoms with Gasteiger partial charge in [0.25, 0.3) is 5.91 Å². The summed E-state index contributed by atoms with van der Waals surface area (Å²) in [4.78, 5) is 12.1. The number of hydrogen-bond acceptors (Lipinski definition) is 2. The minimum Gasteiger partial charge on any atom is -0.348 e. The van der Waals surface area contributed by atoms with Crippen molar-refractivity contribution in [3.05, 3.63) is 51.0 Å². The number of halogens is 2. The summed E-state index contributed by atoms with van der Waals surface area (Å²) in [6, 6.07) is 4.45. The van der Waals surface area contributed by atoms with Gasteiger partial charge in [-0.25, -0.2) is 4.39 Å². The van der Waals surface area contributed by atoms with Crippen LogP contribution in [0.25, 0.3) is 0 Å². The normalized spacial score (nSPS) is 10.7. The van der Waals surface area contributed by atoms with Gasteiger partial charge in [-0.05, 0) is 41.9 Å². The van der Waals surface area contributed by atoms with E-state index in [0.717, 1.165) is 17.0 Å². The third kappa shape index (κ3) is 2.75. The van der Waals surface area contributed by atoms with Gasteiger partial charge in [-0.1, -0.05) is 6.07 Å². The smallest absolute Gasteiger partial charge is 0.255 e. The second-order valence-corrected chi connectivity index (χ2v) is 5.41. The van der Waals surface area contributed by atoms with Crippen molar-refractivity contribution in [2.24, 2.45) is 7.05 Å². The quantitative estimate of drug-likeness (QED) is 0.934. The van der Waals surface area contributed by atoms with Crippen LogP contribution in [0.3, 0.4) is 0 Å². The van der Waals surface area contributed by atoms with Crippen molar-refractivity contribution in [2.75, 3.05) is 0 Å². The molecule has 0 fully saturated rings. The zero-order valence-corrected chi connectivity index (χ0v) is 13.1. The molecule has 0 saturated heterocycles. The number of aromatic nitrogens is 2. The summed E-state index contributed by atoms with van der Waals surface area (Å²) in [6.45, 7) is 4.14. The van der Waals surface area contributed by atoms with E-state index in [4.69, 9.17) is 0 Å². The van der Waals surface area contributed by atoms with Gasteiger partial charge in [0.05, 0.1) is 11.3 Å². The Hall–Kier alpha value is -1.69. The summed E-state index contributed by atoms with van der Waals surface area (Å²) < 4.78 is 15.9. The van der Waals surface area contributed by atoms with E-state index in [1.54, 1.807) is 16.8 Å². The van der Waals surface area contributed by atoms with Gasteiger partial charge in [0.2, 0.25) is 0 Å². The highest BCUT2D eigenvalue weighted by molar-refractivity contribution is 9.10. The van der Waals surface area contributed by atoms with Crippen LogP contribution in [0, 0.1) is 19.7 Å². The maximum absolute atomic E-state index is 13.7. The summed E-state index contributed by atoms with van der Waals surface area (Å²) in [7, 11) is 1.85. The van der Waals surface area contributed by atoms with Gasteiger partial charge in [0, 0.05) is 29.3 Å². The van der Waals surface area contributed by atoms with Crippen LogP contribution >= 0.6 is 15.9 Å². The SMILES string of the molecule is Cc1nn(C)c(C)c1CNC(=O)c1c(F)cccc1Br. The van der Waals surface area contributed by atoms with Crippen LogP contribution < -0.4 is 5.32 Å². The number of amides is 1. The molecule has 4 nitrogen and oxygen atoms in total. The number of aryl methyl sites for hydroxylation is 2. The van der Waals surface area contributed by atoms with Crippen LogP contribution in [0.4, 0.5) is 4.39 Å². The van der Waals surface area contributed by atoms with Gasteiger partial charge in [-0.2, -0.15) is 5.10 Å². The lowest BCUT2D eigenvalue weighted by atomic mass is 10.1. The van der Waals surface area contributed by atoms with Crippen LogP contribution in [0.2, 0.25) is 0 Å². The van der Waals surface area contributed by atoms with E-state index < -0.39 is 11.7 Å². The second kappa shape index (κ2) is 5.75. The highest BCUT2D eigenvalue weighted by Crippen LogP contribution is 2.20. The van der Waals surface area contributed by atoms with Crippen LogP contribution in [-0.2, 0) is 13.6 Å². The van der Waals surface area contributed by atoms with Gasteiger partial charge in [-0.15, -0.1) is 0 Å². The average molecular weight is 340 g/mol. The lowest BCUT2D eigenvalue weighted by molar-refractivity contribution is 0.0946. The number of benzene rings is 1. The predicted molar refractivity (Wildman–Crippen MR) is 78.0 cm³/mol. The molecule has 0 aliphatic rings. The first-order valence-corrected chi connectivity index (χ1v) is 6.92. The molecule has 0 bridgehead atoms. The number of nitrogens with one attached hydrogen (secondary N) is 1. The standard InChI is InChI=1S/C14H15BrFN3O/c1-8-10(9(2)19(3)18-8)7-17-14(20)13-11(15)5-4-6-12(13)16/h4-6H,7H2,1-3H3,(H,17,20). The summed E-state index contributed by atoms with van der Waals surface area (Å²) in [5, 5.41) is 7.01. The topological polar surface area (TPSA) is 46.9 Å². The van der Waals surface area contributed by atoms with Gasteiger partial charge in [0.1, 0.15) is 5.82 Å². The Morgan fingerprint density at radius 2 is 2.15 bits per heavy atom. The largest absolute Gasteiger partial charge is 0.348 e. The lowest BCUT2D eigenvalue weighted by Crippen LogP contribution is -2.24. The monoisotopic (exact) mass is 339 g/mol. The molecule has 0 saturated carbocycles. The van der Waals surface area contributed by atoms with E-state index in [1.807, 2.05) is 20.9 Å². The molecule has 1 aromatic heterocycles. The number of carbonyl (C=O) groups is 1. The maximum atomic E-state index is 13.7. The Morgan fingerprint density at radius 1 is 1.45 bits per heavy atom. The van der Waals surface area contributed by atoms with Crippen molar-refractivity contribution < 1.29 is 9.18 Å². The van der Waals surface area contributed by atoms with Gasteiger partial charge >= 0.3 is 0 Å². The predicted octanol–water partition coefficient (Wildman–Crippen LogP) is 2.87. The molecule has 0 aliphatic carbocycles. The highest BCUT2D eigenvalue weighted by atomic mass is 79.9. The van der Waals surface area contributed by atoms with E-state index in [2.05, 4.69) is 26.3 Å². The van der Waals surface area contributed by atoms with Crippen molar-refractivity contribution in [1.29, 1.82) is 0 Å². The minimum absolute atomic E-state index is 0.0201. The van der Waals surface area contributed by atoms with Crippen molar-refractivity contribution >= 4 is 21.8 Å². The molecule has 1 aromatic carbocycles. The third-order valence-electron chi connectivity index (χ3n) is 3.27. The number of nitrogens with zero attached hydrogens (tertiary/aromatic N) is 2. The molecule has 1 N–H and O–H groups in total. The molecule has 0 unspecified atom stereocenters. The Balaban J connectivity index is 2.17. The summed E-state index contributed by atoms with van der Waals surface area (Å²) >= 11 is 3.19. The molecule has 2 rings (SSSR count). The van der Waals surface area contributed by atoms with Crippen molar-refractivity contribution in [3.8, 4) is 0 Å². The molecule has 1 amide bonds. The van der Waals surface area contributed by atoms with E-state index in [9.17, 15) is 9.18 Å². The van der Waals surface area contributed by atoms with E-state index in [1.165, 1.54) is 6.07 Å². The molecule has 0 aliphatic heterocycles. The molecular weight excluding hydrogens is 325 g/mol. The zero-order chi connectivity index (χ0) is 14.9. The molecule has 1 heterocycles. The van der Waals surface area contributed by atoms with Crippen molar-refractivity contribution in [1.82, 2.24) is 15.1 Å². The molecule has 106 valence electrons. The fraction of sp³-hybridized carbons (Fsp3) is 0.286. The van der Waals surface area contributed by atoms with Crippen LogP contribution in [0.5, 0.6) is 0 Å². The Kier molecular flexibility index (Phi) is 4.23. The molecule has 0 atom stereocenters. The minimum atomic E-state index is -0.545. The molecule has 2 aromatic rings. The van der Waals surface area contributed by atoms with Crippen molar-refractivity contribution in [3.63, 3.8) is 0 Å². The highest BCUT2D eigenvalue weighted by Gasteiger charge is 2.16. The third-order valence-corrected chi connectivity index (χ3v) is 3.94. The second-order valence-electron chi connectivity index (χ2n) is 4.55. The van der Waals surface area contributed by atoms with Gasteiger partial charge in [0.15, 0.2) is 0 Å². The first kappa shape index (κ1) is 14.7. The number of rotatable bonds is 3. The summed E-state index contributed by atoms with van der Waals surface area (Å²) in [5.41, 5.74) is 2.81. The molecule has 0 spiro atoms. The van der Waals surface area contributed by atoms with E-state index >= 15 is 0 Å². The van der Waals surface area contributed by atoms with Crippen molar-refractivity contribution in [2.45, 2.75) is 20.4 Å². The number of carbonyl (C=O) groups excluding carboxylic acids is 1. The number of hydrogen-bond donors (Lipinski definition) is 1. The van der Waals surface area contributed by atoms with Gasteiger partial charge < -0.3 is 5.32 Å². The van der Waals surface area contributed by atoms with Gasteiger partial charge in [-0.3, -0.25) is 9.48 Å². The molecule has 20 heavy (non-hydrogen) atoms. The first-order chi connectivity index (χ1) is 9.41. The molecular formula is C14H15BrFN3O.